The van der Waals surface area contributed by atoms with Crippen LogP contribution in [0.3, 0.4) is 0 Å². The van der Waals surface area contributed by atoms with Gasteiger partial charge in [0, 0.05) is 87.1 Å². The number of hydrogen-bond acceptors (Lipinski definition) is 8. The van der Waals surface area contributed by atoms with E-state index in [1.54, 1.807) is 0 Å². The Morgan fingerprint density at radius 2 is 0.312 bits per heavy atom. The van der Waals surface area contributed by atoms with Gasteiger partial charge >= 0.3 is 0 Å². The van der Waals surface area contributed by atoms with Gasteiger partial charge in [-0.25, -0.2) is 0 Å². The monoisotopic (exact) mass is 1950 g/mol. The molecule has 0 aliphatic heterocycles. The van der Waals surface area contributed by atoms with Gasteiger partial charge in [0.1, 0.15) is 8.07 Å². The molecular formula is C107H161IO8Si9. The largest absolute Gasteiger partial charge is 0.412 e. The van der Waals surface area contributed by atoms with Crippen molar-refractivity contribution in [3.8, 4) is 94.4 Å². The molecule has 0 amide bonds. The molecule has 680 valence electrons. The minimum atomic E-state index is -2.31. The molecule has 4 aromatic carbocycles. The summed E-state index contributed by atoms with van der Waals surface area (Å²) in [5, 5.41) is -0.170. The van der Waals surface area contributed by atoms with Crippen molar-refractivity contribution in [1.82, 2.24) is 0 Å². The van der Waals surface area contributed by atoms with E-state index in [2.05, 4.69) is 456 Å². The molecule has 0 aliphatic carbocycles. The summed E-state index contributed by atoms with van der Waals surface area (Å²) < 4.78 is 57.3. The third kappa shape index (κ3) is 36.1. The summed E-state index contributed by atoms with van der Waals surface area (Å²) in [6.07, 6.45) is 0. The molecular weight excluding hydrogens is 1790 g/mol. The maximum atomic E-state index is 7.09. The van der Waals surface area contributed by atoms with Gasteiger partial charge in [0.25, 0.3) is 0 Å². The minimum Gasteiger partial charge on any atom is -0.412 e. The Labute approximate surface area is 788 Å². The first-order valence-corrected chi connectivity index (χ1v) is 72.6. The van der Waals surface area contributed by atoms with Crippen molar-refractivity contribution in [3.63, 3.8) is 0 Å². The van der Waals surface area contributed by atoms with Crippen LogP contribution in [0, 0.1) is 97.9 Å². The zero-order valence-electron chi connectivity index (χ0n) is 86.0. The van der Waals surface area contributed by atoms with E-state index >= 15 is 0 Å². The Morgan fingerprint density at radius 3 is 0.424 bits per heavy atom. The van der Waals surface area contributed by atoms with Crippen LogP contribution in [0.25, 0.3) is 0 Å². The fourth-order valence-electron chi connectivity index (χ4n) is 9.08. The summed E-state index contributed by atoms with van der Waals surface area (Å²) >= 11 is 2.33. The van der Waals surface area contributed by atoms with Gasteiger partial charge in [-0.15, -0.1) is 5.54 Å². The molecule has 8 nitrogen and oxygen atoms in total. The van der Waals surface area contributed by atoms with E-state index in [1.165, 1.54) is 0 Å². The molecule has 0 atom stereocenters. The Kier molecular flexibility index (Phi) is 39.7. The standard InChI is InChI=1S/C107H161IO8Si9/c1-100(2,3)118(28,29)109-76-91(92(77-110-119(30,31)101(4,5)6)66-58-86-48-50-87(51-49-86)60-69-95(80-113-122(36,37)104(13,14)15)96(81-114-123(38,39)105(16,17)18)70-62-90-63-72-99(108)73-64-90)65-56-84-44-46-85(47-45-84)57-67-93(78-111-120(32,33)102(7,8)9)94(79-112-121(34,35)103(10,11)12)68-59-88-52-54-89(55-53-88)61-71-97(82-115-124(40,41)106(19,20)21)98(74-75-117(25,26)27)83-116-125(42,43)107(22,23)24/h44-55,63-64,72-73H,76-83H2,1-43H3/b92-91+,94-93+,96-95+,98-97+. The quantitative estimate of drug-likeness (QED) is 0.0390. The van der Waals surface area contributed by atoms with Gasteiger partial charge in [-0.05, 0) is 265 Å². The zero-order valence-corrected chi connectivity index (χ0v) is 97.2. The maximum Gasteiger partial charge on any atom is 0.192 e. The van der Waals surface area contributed by atoms with E-state index in [0.717, 1.165) is 87.1 Å². The smallest absolute Gasteiger partial charge is 0.192 e. The third-order valence-electron chi connectivity index (χ3n) is 27.1. The topological polar surface area (TPSA) is 73.8 Å². The first kappa shape index (κ1) is 112. The molecule has 0 saturated heterocycles. The molecule has 4 aromatic rings. The summed E-state index contributed by atoms with van der Waals surface area (Å²) in [7, 11) is -19.7. The van der Waals surface area contributed by atoms with Crippen LogP contribution in [-0.4, -0.2) is 127 Å². The van der Waals surface area contributed by atoms with E-state index in [0.29, 0.717) is 33.0 Å². The van der Waals surface area contributed by atoms with Crippen molar-refractivity contribution in [2.75, 3.05) is 52.9 Å². The van der Waals surface area contributed by atoms with Crippen LogP contribution in [0.2, 0.25) is 165 Å². The number of rotatable bonds is 24. The molecule has 0 heterocycles. The van der Waals surface area contributed by atoms with Crippen LogP contribution < -0.4 is 0 Å². The van der Waals surface area contributed by atoms with Gasteiger partial charge in [0.05, 0.1) is 52.9 Å². The van der Waals surface area contributed by atoms with Crippen LogP contribution in [0.5, 0.6) is 0 Å². The van der Waals surface area contributed by atoms with Gasteiger partial charge < -0.3 is 35.4 Å². The highest BCUT2D eigenvalue weighted by atomic mass is 127. The van der Waals surface area contributed by atoms with Gasteiger partial charge in [0.15, 0.2) is 66.5 Å². The normalized spacial score (nSPS) is 14.1. The molecule has 0 radical (unpaired) electrons. The summed E-state index contributed by atoms with van der Waals surface area (Å²) in [4.78, 5) is 0. The molecule has 0 unspecified atom stereocenters. The highest BCUT2D eigenvalue weighted by Crippen LogP contribution is 2.44. The lowest BCUT2D eigenvalue weighted by Gasteiger charge is -2.37. The van der Waals surface area contributed by atoms with E-state index in [4.69, 9.17) is 35.4 Å². The maximum absolute atomic E-state index is 7.09. The van der Waals surface area contributed by atoms with Crippen molar-refractivity contribution in [2.45, 2.75) is 331 Å². The lowest BCUT2D eigenvalue weighted by Crippen LogP contribution is -2.42. The van der Waals surface area contributed by atoms with Crippen LogP contribution in [0.15, 0.2) is 142 Å². The second kappa shape index (κ2) is 44.3. The zero-order chi connectivity index (χ0) is 95.7. The van der Waals surface area contributed by atoms with Crippen LogP contribution >= 0.6 is 22.6 Å². The SMILES string of the molecule is CC(C)(C)[Si](C)(C)OC/C(C#Cc1ccc(I)cc1)=C(\C#Cc1ccc(C#C/C(CO[Si](C)(C)C(C)(C)C)=C(/C#Cc2ccc(C#C/C(CO[Si](C)(C)C(C)(C)C)=C(/C#Cc3ccc(C#C/C(CO[Si](C)(C)C(C)(C)C)=C(/C#C[Si](C)(C)C)CO[Si](C)(C)C(C)(C)C)cc3)CO[Si](C)(C)C(C)(C)C)cc2)CO[Si](C)(C)C(C)(C)C)cc1)CO[Si](C)(C)C(C)(C)C. The second-order valence-electron chi connectivity index (χ2n) is 46.7. The van der Waals surface area contributed by atoms with Crippen LogP contribution in [0.4, 0.5) is 0 Å². The van der Waals surface area contributed by atoms with Crippen molar-refractivity contribution in [3.05, 3.63) is 184 Å². The molecule has 0 spiro atoms. The second-order valence-corrected chi connectivity index (χ2v) is 91.2. The Balaban J connectivity index is 2.02. The third-order valence-corrected chi connectivity index (χ3v) is 64.5. The van der Waals surface area contributed by atoms with Crippen LogP contribution in [-0.2, 0) is 35.4 Å². The number of halogens is 1. The fraction of sp³-hybridized carbons (Fsp3) is 0.551. The summed E-state index contributed by atoms with van der Waals surface area (Å²) in [6.45, 7) is 100. The Morgan fingerprint density at radius 1 is 0.200 bits per heavy atom. The fourth-order valence-corrected chi connectivity index (χ4v) is 17.5. The Bertz CT molecular complexity index is 5050. The summed E-state index contributed by atoms with van der Waals surface area (Å²) in [6, 6.07) is 32.9. The highest BCUT2D eigenvalue weighted by molar-refractivity contribution is 14.1. The average molecular weight is 1960 g/mol. The molecule has 125 heavy (non-hydrogen) atoms. The molecule has 4 rings (SSSR count). The first-order valence-electron chi connectivity index (χ1n) is 44.7. The highest BCUT2D eigenvalue weighted by Gasteiger charge is 2.44. The molecule has 0 fully saturated rings. The molecule has 0 bridgehead atoms. The molecule has 0 N–H and O–H groups in total. The minimum absolute atomic E-state index is 0.00203. The van der Waals surface area contributed by atoms with Gasteiger partial charge in [-0.2, -0.15) is 0 Å². The van der Waals surface area contributed by atoms with Crippen molar-refractivity contribution < 1.29 is 35.4 Å². The van der Waals surface area contributed by atoms with Gasteiger partial charge in [-0.3, -0.25) is 0 Å². The van der Waals surface area contributed by atoms with E-state index < -0.39 is 74.6 Å². The number of benzene rings is 4. The van der Waals surface area contributed by atoms with Gasteiger partial charge in [0.2, 0.25) is 0 Å². The molecule has 0 aromatic heterocycles. The lowest BCUT2D eigenvalue weighted by molar-refractivity contribution is 0.308. The summed E-state index contributed by atoms with van der Waals surface area (Å²) in [5.74, 6) is 53.7. The average Bonchev–Trinajstić information content (AvgIpc) is 0.829. The van der Waals surface area contributed by atoms with Crippen molar-refractivity contribution >= 4 is 97.2 Å². The lowest BCUT2D eigenvalue weighted by atomic mass is 10.1. The number of hydrogen-bond donors (Lipinski definition) is 0. The predicted octanol–water partition coefficient (Wildman–Crippen LogP) is 29.1. The molecule has 0 aliphatic rings. The predicted molar refractivity (Wildman–Crippen MR) is 571 cm³/mol. The van der Waals surface area contributed by atoms with E-state index in [-0.39, 0.29) is 60.1 Å². The van der Waals surface area contributed by atoms with E-state index in [1.807, 2.05) is 48.5 Å². The van der Waals surface area contributed by atoms with Crippen molar-refractivity contribution in [2.24, 2.45) is 0 Å². The Hall–Kier alpha value is -5.32. The summed E-state index contributed by atoms with van der Waals surface area (Å²) in [5.41, 5.74) is 16.3. The van der Waals surface area contributed by atoms with Crippen LogP contribution in [0.1, 0.15) is 205 Å². The first-order chi connectivity index (χ1) is 56.5. The molecule has 0 saturated carbocycles. The van der Waals surface area contributed by atoms with E-state index in [9.17, 15) is 0 Å². The van der Waals surface area contributed by atoms with Crippen molar-refractivity contribution in [1.29, 1.82) is 0 Å². The molecule has 18 heteroatoms. The van der Waals surface area contributed by atoms with Gasteiger partial charge in [-0.1, -0.05) is 275 Å².